The summed E-state index contributed by atoms with van der Waals surface area (Å²) in [5, 5.41) is 13.1. The number of nitrogens with zero attached hydrogens (tertiary/aromatic N) is 1. The molecule has 1 aliphatic heterocycles. The molecule has 0 aromatic heterocycles. The molecule has 0 saturated heterocycles. The third-order valence-electron chi connectivity index (χ3n) is 5.23. The van der Waals surface area contributed by atoms with Crippen LogP contribution in [0.3, 0.4) is 0 Å². The van der Waals surface area contributed by atoms with Crippen molar-refractivity contribution in [2.45, 2.75) is 20.3 Å². The fourth-order valence-electron chi connectivity index (χ4n) is 3.84. The first-order valence-corrected chi connectivity index (χ1v) is 9.58. The number of benzene rings is 3. The Hall–Kier alpha value is -3.87. The Morgan fingerprint density at radius 1 is 1.13 bits per heavy atom. The van der Waals surface area contributed by atoms with Crippen LogP contribution in [-0.2, 0) is 0 Å². The van der Waals surface area contributed by atoms with Crippen molar-refractivity contribution in [1.82, 2.24) is 0 Å². The van der Waals surface area contributed by atoms with Crippen LogP contribution in [0.4, 0.5) is 14.5 Å². The lowest BCUT2D eigenvalue weighted by atomic mass is 9.88. The van der Waals surface area contributed by atoms with Gasteiger partial charge in [-0.25, -0.2) is 13.6 Å². The van der Waals surface area contributed by atoms with E-state index >= 15 is 0 Å². The zero-order chi connectivity index (χ0) is 22.3. The van der Waals surface area contributed by atoms with Crippen molar-refractivity contribution in [3.8, 4) is 11.5 Å². The number of carbonyl (C=O) groups is 1. The molecule has 0 bridgehead atoms. The maximum absolute atomic E-state index is 14.8. The topological polar surface area (TPSA) is 76.0 Å². The van der Waals surface area contributed by atoms with Gasteiger partial charge in [-0.05, 0) is 48.4 Å². The van der Waals surface area contributed by atoms with E-state index in [9.17, 15) is 23.6 Å². The lowest BCUT2D eigenvalue weighted by Gasteiger charge is -2.24. The highest BCUT2D eigenvalue weighted by atomic mass is 19.1. The van der Waals surface area contributed by atoms with Gasteiger partial charge < -0.3 is 9.84 Å². The quantitative estimate of drug-likeness (QED) is 0.475. The number of carboxylic acid groups (broad SMARTS) is 1. The van der Waals surface area contributed by atoms with Gasteiger partial charge in [0.25, 0.3) is 0 Å². The molecule has 0 amide bonds. The molecule has 1 aliphatic rings. The van der Waals surface area contributed by atoms with Crippen molar-refractivity contribution in [3.05, 3.63) is 91.7 Å². The summed E-state index contributed by atoms with van der Waals surface area (Å²) in [6.07, 6.45) is 2.28. The zero-order valence-corrected chi connectivity index (χ0v) is 16.7. The Bertz CT molecular complexity index is 1380. The first-order chi connectivity index (χ1) is 14.9. The molecule has 1 N–H and O–H groups in total. The van der Waals surface area contributed by atoms with E-state index in [1.54, 1.807) is 24.3 Å². The number of nitroso groups, excluding NO2 is 1. The summed E-state index contributed by atoms with van der Waals surface area (Å²) < 4.78 is 35.4. The number of halogens is 2. The van der Waals surface area contributed by atoms with Gasteiger partial charge in [-0.15, -0.1) is 4.91 Å². The van der Waals surface area contributed by atoms with Gasteiger partial charge in [-0.1, -0.05) is 31.2 Å². The van der Waals surface area contributed by atoms with Crippen LogP contribution >= 0.6 is 0 Å². The van der Waals surface area contributed by atoms with E-state index in [4.69, 9.17) is 4.74 Å². The van der Waals surface area contributed by atoms with Gasteiger partial charge in [0.1, 0.15) is 23.0 Å². The highest BCUT2D eigenvalue weighted by Crippen LogP contribution is 2.43. The first-order valence-electron chi connectivity index (χ1n) is 9.58. The summed E-state index contributed by atoms with van der Waals surface area (Å²) in [5.41, 5.74) is 0.544. The molecule has 0 spiro atoms. The monoisotopic (exact) mass is 421 g/mol. The predicted octanol–water partition coefficient (Wildman–Crippen LogP) is 4.91. The maximum Gasteiger partial charge on any atom is 0.336 e. The molecule has 0 unspecified atom stereocenters. The Labute approximate surface area is 175 Å². The van der Waals surface area contributed by atoms with Crippen LogP contribution in [0.25, 0.3) is 11.6 Å². The van der Waals surface area contributed by atoms with E-state index in [1.165, 1.54) is 25.1 Å². The minimum absolute atomic E-state index is 0.0310. The number of hydrogen-bond donors (Lipinski definition) is 1. The standard InChI is InChI=1S/C24H17F2NO4/c1-3-6-13-9-20-16(10-18(13)25)21(14-7-4-5-8-15(14)24(28)29)17-11-19(26)22(27-30)12(2)23(17)31-20/h4-11H,3H2,1-2H3,(H,28,29)/b13-6+. The molecule has 0 aliphatic carbocycles. The zero-order valence-electron chi connectivity index (χ0n) is 16.7. The third kappa shape index (κ3) is 3.28. The first kappa shape index (κ1) is 20.4. The molecule has 0 saturated carbocycles. The van der Waals surface area contributed by atoms with Crippen molar-refractivity contribution in [2.24, 2.45) is 5.18 Å². The van der Waals surface area contributed by atoms with Gasteiger partial charge in [0.2, 0.25) is 0 Å². The highest BCUT2D eigenvalue weighted by molar-refractivity contribution is 5.98. The molecule has 156 valence electrons. The van der Waals surface area contributed by atoms with Crippen molar-refractivity contribution in [2.75, 3.05) is 0 Å². The Morgan fingerprint density at radius 2 is 1.87 bits per heavy atom. The number of aromatic carboxylic acids is 1. The Morgan fingerprint density at radius 3 is 2.55 bits per heavy atom. The molecule has 0 fully saturated rings. The number of ether oxygens (including phenoxy) is 1. The summed E-state index contributed by atoms with van der Waals surface area (Å²) in [5.74, 6) is -2.12. The van der Waals surface area contributed by atoms with E-state index < -0.39 is 23.3 Å². The summed E-state index contributed by atoms with van der Waals surface area (Å²) >= 11 is 0. The van der Waals surface area contributed by atoms with E-state index in [0.29, 0.717) is 17.2 Å². The van der Waals surface area contributed by atoms with E-state index in [-0.39, 0.29) is 39.0 Å². The van der Waals surface area contributed by atoms with E-state index in [1.807, 2.05) is 6.92 Å². The van der Waals surface area contributed by atoms with Gasteiger partial charge in [0.05, 0.1) is 5.56 Å². The second-order valence-electron chi connectivity index (χ2n) is 7.11. The Kier molecular flexibility index (Phi) is 5.10. The molecule has 3 aromatic rings. The summed E-state index contributed by atoms with van der Waals surface area (Å²) in [6.45, 7) is 3.36. The van der Waals surface area contributed by atoms with Crippen molar-refractivity contribution >= 4 is 23.3 Å². The van der Waals surface area contributed by atoms with Crippen LogP contribution in [0.1, 0.15) is 40.4 Å². The molecular formula is C24H17F2NO4. The van der Waals surface area contributed by atoms with Crippen molar-refractivity contribution in [3.63, 3.8) is 0 Å². The van der Waals surface area contributed by atoms with Crippen LogP contribution in [0.5, 0.6) is 11.5 Å². The van der Waals surface area contributed by atoms with Crippen molar-refractivity contribution < 1.29 is 23.4 Å². The largest absolute Gasteiger partial charge is 0.478 e. The molecule has 0 atom stereocenters. The van der Waals surface area contributed by atoms with E-state index in [2.05, 4.69) is 5.18 Å². The molecule has 31 heavy (non-hydrogen) atoms. The number of rotatable bonds is 4. The second-order valence-corrected chi connectivity index (χ2v) is 7.11. The smallest absolute Gasteiger partial charge is 0.336 e. The normalized spacial score (nSPS) is 12.8. The Balaban J connectivity index is 2.22. The van der Waals surface area contributed by atoms with Crippen LogP contribution < -0.4 is 15.2 Å². The minimum atomic E-state index is -1.18. The minimum Gasteiger partial charge on any atom is -0.478 e. The molecule has 4 rings (SSSR count). The summed E-state index contributed by atoms with van der Waals surface area (Å²) in [7, 11) is 0. The second kappa shape index (κ2) is 7.75. The van der Waals surface area contributed by atoms with Gasteiger partial charge >= 0.3 is 5.97 Å². The number of hydrogen-bond acceptors (Lipinski definition) is 4. The van der Waals surface area contributed by atoms with Crippen LogP contribution in [0, 0.1) is 23.5 Å². The van der Waals surface area contributed by atoms with E-state index in [0.717, 1.165) is 6.07 Å². The average molecular weight is 421 g/mol. The van der Waals surface area contributed by atoms with Gasteiger partial charge in [-0.3, -0.25) is 0 Å². The lowest BCUT2D eigenvalue weighted by Crippen LogP contribution is -2.24. The van der Waals surface area contributed by atoms with Crippen LogP contribution in [0.15, 0.2) is 47.6 Å². The fourth-order valence-corrected chi connectivity index (χ4v) is 3.84. The molecule has 7 heteroatoms. The molecule has 5 nitrogen and oxygen atoms in total. The predicted molar refractivity (Wildman–Crippen MR) is 112 cm³/mol. The number of carboxylic acids is 1. The van der Waals surface area contributed by atoms with Gasteiger partial charge in [0, 0.05) is 27.1 Å². The third-order valence-corrected chi connectivity index (χ3v) is 5.23. The molecule has 1 heterocycles. The summed E-state index contributed by atoms with van der Waals surface area (Å²) in [4.78, 5) is 23.0. The van der Waals surface area contributed by atoms with Crippen LogP contribution in [0.2, 0.25) is 0 Å². The molecular weight excluding hydrogens is 404 g/mol. The lowest BCUT2D eigenvalue weighted by molar-refractivity contribution is 0.0696. The number of fused-ring (bicyclic) bond motifs is 2. The fraction of sp³-hybridized carbons (Fsp3) is 0.125. The average Bonchev–Trinajstić information content (AvgIpc) is 2.74. The molecule has 0 radical (unpaired) electrons. The van der Waals surface area contributed by atoms with Gasteiger partial charge in [0.15, 0.2) is 5.82 Å². The van der Waals surface area contributed by atoms with Crippen molar-refractivity contribution in [1.29, 1.82) is 0 Å². The van der Waals surface area contributed by atoms with Crippen LogP contribution in [-0.4, -0.2) is 11.1 Å². The molecule has 3 aromatic carbocycles. The highest BCUT2D eigenvalue weighted by Gasteiger charge is 2.28. The van der Waals surface area contributed by atoms with Gasteiger partial charge in [-0.2, -0.15) is 0 Å². The SMILES string of the molecule is CC/C=c1\cc2c(cc1F)=C(c1ccccc1C(=O)O)c1cc(F)c(N=O)c(C)c1O2. The summed E-state index contributed by atoms with van der Waals surface area (Å²) in [6, 6.07) is 10.0. The maximum atomic E-state index is 14.8.